The molecule has 1 heterocycles. The maximum atomic E-state index is 5.96. The highest BCUT2D eigenvalue weighted by Crippen LogP contribution is 2.12. The van der Waals surface area contributed by atoms with Crippen LogP contribution in [-0.4, -0.2) is 15.0 Å². The molecule has 0 aliphatic carbocycles. The maximum absolute atomic E-state index is 5.96. The van der Waals surface area contributed by atoms with E-state index in [0.717, 1.165) is 18.7 Å². The van der Waals surface area contributed by atoms with E-state index in [4.69, 9.17) is 11.6 Å². The van der Waals surface area contributed by atoms with E-state index in [0.29, 0.717) is 5.15 Å². The summed E-state index contributed by atoms with van der Waals surface area (Å²) in [5.41, 5.74) is 0.817. The minimum Gasteiger partial charge on any atom is -0.234 e. The largest absolute Gasteiger partial charge is 0.234 e. The lowest BCUT2D eigenvalue weighted by Crippen LogP contribution is -2.00. The summed E-state index contributed by atoms with van der Waals surface area (Å²) in [5.74, 6) is 0. The second-order valence-electron chi connectivity index (χ2n) is 3.25. The van der Waals surface area contributed by atoms with Crippen molar-refractivity contribution in [2.75, 3.05) is 0 Å². The van der Waals surface area contributed by atoms with Crippen molar-refractivity contribution in [3.8, 4) is 0 Å². The standard InChI is InChI=1S/C9H16ClN3/c1-3-4-5-6-7-13-9(10)8(2)11-12-13/h3-7H2,1-2H3. The number of rotatable bonds is 5. The Morgan fingerprint density at radius 1 is 1.31 bits per heavy atom. The Hall–Kier alpha value is -0.570. The highest BCUT2D eigenvalue weighted by atomic mass is 35.5. The quantitative estimate of drug-likeness (QED) is 0.686. The molecule has 0 aromatic carbocycles. The monoisotopic (exact) mass is 201 g/mol. The zero-order valence-electron chi connectivity index (χ0n) is 8.26. The van der Waals surface area contributed by atoms with Gasteiger partial charge in [-0.1, -0.05) is 43.0 Å². The van der Waals surface area contributed by atoms with Crippen LogP contribution in [0.3, 0.4) is 0 Å². The van der Waals surface area contributed by atoms with Gasteiger partial charge in [0, 0.05) is 6.54 Å². The highest BCUT2D eigenvalue weighted by Gasteiger charge is 2.04. The molecule has 13 heavy (non-hydrogen) atoms. The number of nitrogens with zero attached hydrogens (tertiary/aromatic N) is 3. The smallest absolute Gasteiger partial charge is 0.150 e. The summed E-state index contributed by atoms with van der Waals surface area (Å²) in [6.07, 6.45) is 4.91. The lowest BCUT2D eigenvalue weighted by Gasteiger charge is -2.00. The van der Waals surface area contributed by atoms with E-state index < -0.39 is 0 Å². The van der Waals surface area contributed by atoms with Crippen molar-refractivity contribution in [3.05, 3.63) is 10.8 Å². The second-order valence-corrected chi connectivity index (χ2v) is 3.61. The Kier molecular flexibility index (Phi) is 4.22. The molecule has 0 atom stereocenters. The van der Waals surface area contributed by atoms with Crippen LogP contribution in [0.2, 0.25) is 5.15 Å². The molecule has 0 spiro atoms. The average molecular weight is 202 g/mol. The van der Waals surface area contributed by atoms with Crippen molar-refractivity contribution in [2.45, 2.75) is 46.1 Å². The van der Waals surface area contributed by atoms with Gasteiger partial charge in [-0.3, -0.25) is 0 Å². The van der Waals surface area contributed by atoms with Gasteiger partial charge in [0.1, 0.15) is 5.15 Å². The summed E-state index contributed by atoms with van der Waals surface area (Å²) in [6, 6.07) is 0. The minimum absolute atomic E-state index is 0.677. The summed E-state index contributed by atoms with van der Waals surface area (Å²) in [4.78, 5) is 0. The molecule has 1 rings (SSSR count). The maximum Gasteiger partial charge on any atom is 0.150 e. The van der Waals surface area contributed by atoms with Crippen LogP contribution in [0, 0.1) is 6.92 Å². The average Bonchev–Trinajstić information content (AvgIpc) is 2.43. The minimum atomic E-state index is 0.677. The number of aryl methyl sites for hydroxylation is 2. The molecule has 0 saturated heterocycles. The molecule has 74 valence electrons. The number of halogens is 1. The van der Waals surface area contributed by atoms with E-state index in [1.807, 2.05) is 6.92 Å². The predicted octanol–water partition coefficient (Wildman–Crippen LogP) is 2.82. The first-order chi connectivity index (χ1) is 6.25. The fourth-order valence-corrected chi connectivity index (χ4v) is 1.38. The Labute approximate surface area is 84.1 Å². The molecule has 0 aliphatic rings. The molecule has 1 aromatic rings. The van der Waals surface area contributed by atoms with E-state index >= 15 is 0 Å². The molecular weight excluding hydrogens is 186 g/mol. The third kappa shape index (κ3) is 2.99. The first kappa shape index (κ1) is 10.5. The first-order valence-corrected chi connectivity index (χ1v) is 5.19. The lowest BCUT2D eigenvalue weighted by atomic mass is 10.2. The van der Waals surface area contributed by atoms with Gasteiger partial charge in [-0.25, -0.2) is 4.68 Å². The molecule has 0 saturated carbocycles. The van der Waals surface area contributed by atoms with Gasteiger partial charge in [0.05, 0.1) is 5.69 Å². The summed E-state index contributed by atoms with van der Waals surface area (Å²) in [5, 5.41) is 8.52. The van der Waals surface area contributed by atoms with Gasteiger partial charge in [0.15, 0.2) is 0 Å². The third-order valence-electron chi connectivity index (χ3n) is 2.05. The Morgan fingerprint density at radius 3 is 2.62 bits per heavy atom. The molecule has 0 radical (unpaired) electrons. The number of hydrogen-bond acceptors (Lipinski definition) is 2. The van der Waals surface area contributed by atoms with E-state index in [-0.39, 0.29) is 0 Å². The highest BCUT2D eigenvalue weighted by molar-refractivity contribution is 6.30. The number of aromatic nitrogens is 3. The molecule has 0 bridgehead atoms. The first-order valence-electron chi connectivity index (χ1n) is 4.81. The van der Waals surface area contributed by atoms with E-state index in [1.54, 1.807) is 4.68 Å². The van der Waals surface area contributed by atoms with Gasteiger partial charge >= 0.3 is 0 Å². The Balaban J connectivity index is 2.32. The summed E-state index contributed by atoms with van der Waals surface area (Å²) >= 11 is 5.96. The summed E-state index contributed by atoms with van der Waals surface area (Å²) in [6.45, 7) is 4.96. The topological polar surface area (TPSA) is 30.7 Å². The summed E-state index contributed by atoms with van der Waals surface area (Å²) in [7, 11) is 0. The fraction of sp³-hybridized carbons (Fsp3) is 0.778. The Morgan fingerprint density at radius 2 is 2.08 bits per heavy atom. The molecule has 3 nitrogen and oxygen atoms in total. The van der Waals surface area contributed by atoms with Crippen molar-refractivity contribution < 1.29 is 0 Å². The molecule has 0 fully saturated rings. The summed E-state index contributed by atoms with van der Waals surface area (Å²) < 4.78 is 1.77. The second kappa shape index (κ2) is 5.22. The predicted molar refractivity (Wildman–Crippen MR) is 53.9 cm³/mol. The zero-order chi connectivity index (χ0) is 9.68. The van der Waals surface area contributed by atoms with Crippen LogP contribution in [-0.2, 0) is 6.54 Å². The molecule has 0 unspecified atom stereocenters. The normalized spacial score (nSPS) is 10.7. The van der Waals surface area contributed by atoms with Crippen LogP contribution in [0.1, 0.15) is 38.3 Å². The van der Waals surface area contributed by atoms with Crippen molar-refractivity contribution in [2.24, 2.45) is 0 Å². The van der Waals surface area contributed by atoms with Crippen molar-refractivity contribution in [1.29, 1.82) is 0 Å². The van der Waals surface area contributed by atoms with Gasteiger partial charge in [0.25, 0.3) is 0 Å². The van der Waals surface area contributed by atoms with E-state index in [1.165, 1.54) is 19.3 Å². The lowest BCUT2D eigenvalue weighted by molar-refractivity contribution is 0.528. The van der Waals surface area contributed by atoms with Gasteiger partial charge in [-0.15, -0.1) is 5.10 Å². The third-order valence-corrected chi connectivity index (χ3v) is 2.52. The molecule has 0 N–H and O–H groups in total. The van der Waals surface area contributed by atoms with Gasteiger partial charge in [-0.05, 0) is 13.3 Å². The number of hydrogen-bond donors (Lipinski definition) is 0. The molecule has 1 aromatic heterocycles. The van der Waals surface area contributed by atoms with Crippen LogP contribution >= 0.6 is 11.6 Å². The van der Waals surface area contributed by atoms with Crippen molar-refractivity contribution in [1.82, 2.24) is 15.0 Å². The van der Waals surface area contributed by atoms with E-state index in [2.05, 4.69) is 17.2 Å². The van der Waals surface area contributed by atoms with Crippen LogP contribution < -0.4 is 0 Å². The van der Waals surface area contributed by atoms with E-state index in [9.17, 15) is 0 Å². The van der Waals surface area contributed by atoms with Crippen LogP contribution in [0.25, 0.3) is 0 Å². The SMILES string of the molecule is CCCCCCn1nnc(C)c1Cl. The molecule has 0 aliphatic heterocycles. The molecule has 4 heteroatoms. The zero-order valence-corrected chi connectivity index (χ0v) is 9.01. The van der Waals surface area contributed by atoms with Crippen LogP contribution in [0.15, 0.2) is 0 Å². The molecular formula is C9H16ClN3. The van der Waals surface area contributed by atoms with Gasteiger partial charge < -0.3 is 0 Å². The van der Waals surface area contributed by atoms with Gasteiger partial charge in [0.2, 0.25) is 0 Å². The number of unbranched alkanes of at least 4 members (excludes halogenated alkanes) is 3. The van der Waals surface area contributed by atoms with Crippen molar-refractivity contribution >= 4 is 11.6 Å². The van der Waals surface area contributed by atoms with Crippen molar-refractivity contribution in [3.63, 3.8) is 0 Å². The van der Waals surface area contributed by atoms with Gasteiger partial charge in [-0.2, -0.15) is 0 Å². The Bertz CT molecular complexity index is 257. The van der Waals surface area contributed by atoms with Crippen LogP contribution in [0.4, 0.5) is 0 Å². The fourth-order valence-electron chi connectivity index (χ4n) is 1.22. The van der Waals surface area contributed by atoms with Crippen LogP contribution in [0.5, 0.6) is 0 Å². The molecule has 0 amide bonds.